The summed E-state index contributed by atoms with van der Waals surface area (Å²) in [6, 6.07) is 0. The fourth-order valence-electron chi connectivity index (χ4n) is 2.51. The van der Waals surface area contributed by atoms with Gasteiger partial charge in [0, 0.05) is 6.42 Å². The summed E-state index contributed by atoms with van der Waals surface area (Å²) in [6.07, 6.45) is 11.1. The van der Waals surface area contributed by atoms with Crippen LogP contribution in [0.5, 0.6) is 0 Å². The van der Waals surface area contributed by atoms with Crippen LogP contribution < -0.4 is 5.32 Å². The Morgan fingerprint density at radius 2 is 1.73 bits per heavy atom. The number of rotatable bonds is 12. The fraction of sp³-hybridized carbons (Fsp3) is 0.882. The summed E-state index contributed by atoms with van der Waals surface area (Å²) < 4.78 is 10.0. The maximum absolute atomic E-state index is 11.7. The summed E-state index contributed by atoms with van der Waals surface area (Å²) in [6.45, 7) is 4.46. The largest absolute Gasteiger partial charge is 0.463 e. The zero-order valence-corrected chi connectivity index (χ0v) is 14.1. The molecule has 22 heavy (non-hydrogen) atoms. The highest BCUT2D eigenvalue weighted by Crippen LogP contribution is 2.14. The summed E-state index contributed by atoms with van der Waals surface area (Å²) >= 11 is 0. The number of hydrogen-bond acceptors (Lipinski definition) is 4. The first-order valence-electron chi connectivity index (χ1n) is 8.66. The van der Waals surface area contributed by atoms with Crippen LogP contribution in [0.4, 0.5) is 4.79 Å². The van der Waals surface area contributed by atoms with E-state index in [0.29, 0.717) is 6.42 Å². The molecule has 0 bridgehead atoms. The molecule has 0 aromatic heterocycles. The Hall–Kier alpha value is -1.26. The lowest BCUT2D eigenvalue weighted by Gasteiger charge is -2.20. The third-order valence-corrected chi connectivity index (χ3v) is 3.96. The van der Waals surface area contributed by atoms with Crippen molar-refractivity contribution in [2.75, 3.05) is 13.2 Å². The van der Waals surface area contributed by atoms with Crippen LogP contribution >= 0.6 is 0 Å². The quantitative estimate of drug-likeness (QED) is 0.438. The SMILES string of the molecule is CCCCCCCCCCCC(=O)OCC1(C)COC(=O)N1. The van der Waals surface area contributed by atoms with E-state index in [0.717, 1.165) is 12.8 Å². The number of carbonyl (C=O) groups excluding carboxylic acids is 2. The van der Waals surface area contributed by atoms with Crippen LogP contribution in [0.3, 0.4) is 0 Å². The molecule has 1 atom stereocenters. The van der Waals surface area contributed by atoms with Crippen molar-refractivity contribution < 1.29 is 19.1 Å². The van der Waals surface area contributed by atoms with Crippen LogP contribution in [0.1, 0.15) is 78.1 Å². The molecule has 0 saturated carbocycles. The Kier molecular flexibility index (Phi) is 8.94. The zero-order chi connectivity index (χ0) is 16.3. The van der Waals surface area contributed by atoms with Crippen molar-refractivity contribution in [3.63, 3.8) is 0 Å². The second-order valence-corrected chi connectivity index (χ2v) is 6.50. The second-order valence-electron chi connectivity index (χ2n) is 6.50. The van der Waals surface area contributed by atoms with E-state index >= 15 is 0 Å². The minimum atomic E-state index is -0.578. The van der Waals surface area contributed by atoms with E-state index in [1.54, 1.807) is 0 Å². The normalized spacial score (nSPS) is 20.5. The van der Waals surface area contributed by atoms with E-state index in [1.165, 1.54) is 44.9 Å². The van der Waals surface area contributed by atoms with E-state index in [9.17, 15) is 9.59 Å². The van der Waals surface area contributed by atoms with Crippen molar-refractivity contribution in [1.82, 2.24) is 5.32 Å². The Bertz CT molecular complexity index is 346. The van der Waals surface area contributed by atoms with Gasteiger partial charge in [-0.05, 0) is 13.3 Å². The van der Waals surface area contributed by atoms with Crippen LogP contribution in [-0.2, 0) is 14.3 Å². The highest BCUT2D eigenvalue weighted by atomic mass is 16.6. The number of nitrogens with one attached hydrogen (secondary N) is 1. The molecule has 5 heteroatoms. The minimum absolute atomic E-state index is 0.176. The smallest absolute Gasteiger partial charge is 0.407 e. The van der Waals surface area contributed by atoms with Gasteiger partial charge in [-0.3, -0.25) is 4.79 Å². The lowest BCUT2D eigenvalue weighted by Crippen LogP contribution is -2.45. The van der Waals surface area contributed by atoms with Gasteiger partial charge in [0.1, 0.15) is 18.8 Å². The van der Waals surface area contributed by atoms with Gasteiger partial charge < -0.3 is 14.8 Å². The van der Waals surface area contributed by atoms with Crippen molar-refractivity contribution in [3.05, 3.63) is 0 Å². The molecular weight excluding hydrogens is 282 g/mol. The van der Waals surface area contributed by atoms with Gasteiger partial charge in [0.2, 0.25) is 0 Å². The Balaban J connectivity index is 1.92. The minimum Gasteiger partial charge on any atom is -0.463 e. The number of cyclic esters (lactones) is 1. The molecule has 1 aliphatic heterocycles. The van der Waals surface area contributed by atoms with Crippen LogP contribution in [0, 0.1) is 0 Å². The molecule has 128 valence electrons. The van der Waals surface area contributed by atoms with Crippen molar-refractivity contribution in [3.8, 4) is 0 Å². The van der Waals surface area contributed by atoms with Crippen molar-refractivity contribution in [1.29, 1.82) is 0 Å². The third kappa shape index (κ3) is 8.25. The summed E-state index contributed by atoms with van der Waals surface area (Å²) in [5.41, 5.74) is -0.578. The van der Waals surface area contributed by atoms with E-state index in [2.05, 4.69) is 12.2 Å². The highest BCUT2D eigenvalue weighted by Gasteiger charge is 2.36. The first-order valence-corrected chi connectivity index (χ1v) is 8.66. The molecule has 1 amide bonds. The van der Waals surface area contributed by atoms with Gasteiger partial charge in [-0.2, -0.15) is 0 Å². The van der Waals surface area contributed by atoms with Crippen LogP contribution in [0.2, 0.25) is 0 Å². The summed E-state index contributed by atoms with van der Waals surface area (Å²) in [7, 11) is 0. The standard InChI is InChI=1S/C17H31NO4/c1-3-4-5-6-7-8-9-10-11-12-15(19)21-13-17(2)14-22-16(20)18-17/h3-14H2,1-2H3,(H,18,20). The van der Waals surface area contributed by atoms with Gasteiger partial charge in [0.15, 0.2) is 0 Å². The van der Waals surface area contributed by atoms with Crippen LogP contribution in [0.25, 0.3) is 0 Å². The summed E-state index contributed by atoms with van der Waals surface area (Å²) in [4.78, 5) is 22.6. The lowest BCUT2D eigenvalue weighted by atomic mass is 10.1. The average molecular weight is 313 g/mol. The fourth-order valence-corrected chi connectivity index (χ4v) is 2.51. The van der Waals surface area contributed by atoms with Crippen molar-refractivity contribution >= 4 is 12.1 Å². The number of hydrogen-bond donors (Lipinski definition) is 1. The van der Waals surface area contributed by atoms with E-state index in [1.807, 2.05) is 6.92 Å². The molecule has 1 heterocycles. The predicted molar refractivity (Wildman–Crippen MR) is 85.7 cm³/mol. The lowest BCUT2D eigenvalue weighted by molar-refractivity contribution is -0.145. The van der Waals surface area contributed by atoms with Gasteiger partial charge in [0.05, 0.1) is 0 Å². The highest BCUT2D eigenvalue weighted by molar-refractivity contribution is 5.71. The molecule has 1 N–H and O–H groups in total. The number of unbranched alkanes of at least 4 members (excludes halogenated alkanes) is 8. The number of esters is 1. The van der Waals surface area contributed by atoms with Gasteiger partial charge in [-0.1, -0.05) is 58.3 Å². The second kappa shape index (κ2) is 10.5. The molecular formula is C17H31NO4. The van der Waals surface area contributed by atoms with Crippen molar-refractivity contribution in [2.24, 2.45) is 0 Å². The number of carbonyl (C=O) groups is 2. The Morgan fingerprint density at radius 1 is 1.14 bits per heavy atom. The molecule has 0 spiro atoms. The van der Waals surface area contributed by atoms with E-state index in [4.69, 9.17) is 9.47 Å². The van der Waals surface area contributed by atoms with Gasteiger partial charge in [-0.25, -0.2) is 4.79 Å². The average Bonchev–Trinajstić information content (AvgIpc) is 2.83. The predicted octanol–water partition coefficient (Wildman–Crippen LogP) is 3.95. The molecule has 1 aliphatic rings. The molecule has 5 nitrogen and oxygen atoms in total. The third-order valence-electron chi connectivity index (χ3n) is 3.96. The molecule has 1 saturated heterocycles. The molecule has 0 aromatic rings. The van der Waals surface area contributed by atoms with Gasteiger partial charge in [0.25, 0.3) is 0 Å². The Morgan fingerprint density at radius 3 is 2.27 bits per heavy atom. The van der Waals surface area contributed by atoms with Crippen molar-refractivity contribution in [2.45, 2.75) is 83.6 Å². The summed E-state index contributed by atoms with van der Waals surface area (Å²) in [5, 5.41) is 2.65. The maximum atomic E-state index is 11.7. The van der Waals surface area contributed by atoms with E-state index < -0.39 is 11.6 Å². The first-order chi connectivity index (χ1) is 10.6. The molecule has 0 aliphatic carbocycles. The zero-order valence-electron chi connectivity index (χ0n) is 14.1. The molecule has 0 radical (unpaired) electrons. The molecule has 1 rings (SSSR count). The van der Waals surface area contributed by atoms with Crippen LogP contribution in [0.15, 0.2) is 0 Å². The molecule has 1 fully saturated rings. The summed E-state index contributed by atoms with van der Waals surface area (Å²) in [5.74, 6) is -0.190. The van der Waals surface area contributed by atoms with Crippen LogP contribution in [-0.4, -0.2) is 30.8 Å². The van der Waals surface area contributed by atoms with Gasteiger partial charge >= 0.3 is 12.1 Å². The van der Waals surface area contributed by atoms with Gasteiger partial charge in [-0.15, -0.1) is 0 Å². The topological polar surface area (TPSA) is 64.6 Å². The molecule has 0 aromatic carbocycles. The molecule has 1 unspecified atom stereocenters. The number of alkyl carbamates (subject to hydrolysis) is 1. The van der Waals surface area contributed by atoms with E-state index in [-0.39, 0.29) is 19.2 Å². The monoisotopic (exact) mass is 313 g/mol. The number of amides is 1. The first kappa shape index (κ1) is 18.8. The number of ether oxygens (including phenoxy) is 2. The maximum Gasteiger partial charge on any atom is 0.407 e. The Labute approximate surface area is 134 Å².